The number of urea groups is 1. The van der Waals surface area contributed by atoms with Crippen molar-refractivity contribution in [1.29, 1.82) is 0 Å². The van der Waals surface area contributed by atoms with Gasteiger partial charge >= 0.3 is 6.03 Å². The SMILES string of the molecule is Cc1cc2ccc(F)c(NC(=O)N3Cc4c(NC(=O)C5(S(C)(C)C)CCC5)n[nH]c4C3(C)C)c2o1. The van der Waals surface area contributed by atoms with Crippen LogP contribution < -0.4 is 10.6 Å². The average Bonchev–Trinajstić information content (AvgIpc) is 3.36. The van der Waals surface area contributed by atoms with Gasteiger partial charge in [0, 0.05) is 10.9 Å². The smallest absolute Gasteiger partial charge is 0.323 e. The minimum Gasteiger partial charge on any atom is -0.459 e. The Hall–Kier alpha value is -3.01. The molecule has 1 aliphatic carbocycles. The van der Waals surface area contributed by atoms with E-state index in [1.807, 2.05) is 13.8 Å². The lowest BCUT2D eigenvalue weighted by Gasteiger charge is -2.53. The van der Waals surface area contributed by atoms with Crippen LogP contribution in [0.5, 0.6) is 0 Å². The van der Waals surface area contributed by atoms with Gasteiger partial charge in [-0.05, 0) is 77.0 Å². The second-order valence-electron chi connectivity index (χ2n) is 10.8. The molecule has 2 aliphatic rings. The van der Waals surface area contributed by atoms with Crippen LogP contribution >= 0.6 is 10.0 Å². The number of carbonyl (C=O) groups excluding carboxylic acids is 2. The number of rotatable bonds is 4. The van der Waals surface area contributed by atoms with Crippen molar-refractivity contribution >= 4 is 44.4 Å². The van der Waals surface area contributed by atoms with E-state index < -0.39 is 27.4 Å². The van der Waals surface area contributed by atoms with E-state index in [9.17, 15) is 14.0 Å². The van der Waals surface area contributed by atoms with E-state index in [-0.39, 0.29) is 22.9 Å². The Balaban J connectivity index is 1.40. The van der Waals surface area contributed by atoms with E-state index in [2.05, 4.69) is 39.6 Å². The third-order valence-corrected chi connectivity index (χ3v) is 10.6. The summed E-state index contributed by atoms with van der Waals surface area (Å²) in [5.74, 6) is 0.521. The number of benzene rings is 1. The second kappa shape index (κ2) is 7.74. The van der Waals surface area contributed by atoms with Gasteiger partial charge in [0.25, 0.3) is 0 Å². The van der Waals surface area contributed by atoms with Gasteiger partial charge in [-0.3, -0.25) is 9.89 Å². The predicted molar refractivity (Wildman–Crippen MR) is 138 cm³/mol. The third-order valence-electron chi connectivity index (χ3n) is 7.69. The predicted octanol–water partition coefficient (Wildman–Crippen LogP) is 5.44. The summed E-state index contributed by atoms with van der Waals surface area (Å²) in [6.45, 7) is 5.79. The fourth-order valence-electron chi connectivity index (χ4n) is 5.28. The van der Waals surface area contributed by atoms with Crippen molar-refractivity contribution in [3.05, 3.63) is 41.0 Å². The van der Waals surface area contributed by atoms with Crippen molar-refractivity contribution in [2.45, 2.75) is 56.9 Å². The van der Waals surface area contributed by atoms with Crippen molar-refractivity contribution in [3.8, 4) is 0 Å². The standard InChI is InChI=1S/C25H32FN5O3S/c1-14-12-15-8-9-17(26)18(19(15)34-14)27-23(33)31-13-16-20(24(31,2)3)29-30-21(16)28-22(32)25(10-7-11-25)35(4,5)6/h8-9,12H,7,10-11,13H2,1-6H3,(H,27,33)(H2,28,29,30,32). The fraction of sp³-hybridized carbons (Fsp3) is 0.480. The van der Waals surface area contributed by atoms with E-state index in [1.165, 1.54) is 6.07 Å². The monoisotopic (exact) mass is 501 g/mol. The maximum atomic E-state index is 14.7. The number of amides is 3. The van der Waals surface area contributed by atoms with Crippen molar-refractivity contribution in [2.75, 3.05) is 29.4 Å². The summed E-state index contributed by atoms with van der Waals surface area (Å²) in [4.78, 5) is 28.3. The van der Waals surface area contributed by atoms with Gasteiger partial charge in [0.2, 0.25) is 5.91 Å². The van der Waals surface area contributed by atoms with E-state index >= 15 is 0 Å². The van der Waals surface area contributed by atoms with Crippen LogP contribution in [-0.2, 0) is 16.9 Å². The highest BCUT2D eigenvalue weighted by Gasteiger charge is 2.51. The van der Waals surface area contributed by atoms with E-state index in [0.29, 0.717) is 22.5 Å². The number of H-pyrrole nitrogens is 1. The first-order valence-corrected chi connectivity index (χ1v) is 14.6. The summed E-state index contributed by atoms with van der Waals surface area (Å²) in [5.41, 5.74) is 1.09. The van der Waals surface area contributed by atoms with Crippen LogP contribution in [0.3, 0.4) is 0 Å². The summed E-state index contributed by atoms with van der Waals surface area (Å²) in [5, 5.41) is 13.9. The number of nitrogens with one attached hydrogen (secondary N) is 3. The number of hydrogen-bond donors (Lipinski definition) is 3. The number of anilines is 2. The molecule has 1 fully saturated rings. The minimum absolute atomic E-state index is 0.00296. The molecule has 0 bridgehead atoms. The minimum atomic E-state index is -1.12. The molecule has 8 nitrogen and oxygen atoms in total. The average molecular weight is 502 g/mol. The zero-order valence-corrected chi connectivity index (χ0v) is 21.8. The molecule has 5 rings (SSSR count). The van der Waals surface area contributed by atoms with Crippen LogP contribution in [-0.4, -0.2) is 50.5 Å². The molecule has 3 N–H and O–H groups in total. The molecule has 1 aromatic carbocycles. The lowest BCUT2D eigenvalue weighted by molar-refractivity contribution is -0.120. The Labute approximate surface area is 205 Å². The molecule has 1 aliphatic heterocycles. The summed E-state index contributed by atoms with van der Waals surface area (Å²) in [6, 6.07) is 4.27. The van der Waals surface area contributed by atoms with Gasteiger partial charge in [-0.1, -0.05) is 0 Å². The third kappa shape index (κ3) is 3.52. The highest BCUT2D eigenvalue weighted by Crippen LogP contribution is 2.60. The zero-order chi connectivity index (χ0) is 25.3. The highest BCUT2D eigenvalue weighted by molar-refractivity contribution is 8.33. The summed E-state index contributed by atoms with van der Waals surface area (Å²) >= 11 is 0. The Morgan fingerprint density at radius 1 is 1.20 bits per heavy atom. The molecule has 2 aromatic heterocycles. The first kappa shape index (κ1) is 23.7. The van der Waals surface area contributed by atoms with Gasteiger partial charge in [-0.15, -0.1) is 0 Å². The largest absolute Gasteiger partial charge is 0.459 e. The van der Waals surface area contributed by atoms with E-state index in [1.54, 1.807) is 24.0 Å². The molecule has 0 radical (unpaired) electrons. The molecule has 0 unspecified atom stereocenters. The maximum Gasteiger partial charge on any atom is 0.323 e. The van der Waals surface area contributed by atoms with Crippen molar-refractivity contribution in [1.82, 2.24) is 15.1 Å². The second-order valence-corrected chi connectivity index (χ2v) is 15.3. The van der Waals surface area contributed by atoms with Crippen molar-refractivity contribution in [2.24, 2.45) is 0 Å². The van der Waals surface area contributed by atoms with Crippen LogP contribution in [0.1, 0.15) is 50.1 Å². The Bertz CT molecular complexity index is 1350. The first-order valence-electron chi connectivity index (χ1n) is 11.7. The number of fused-ring (bicyclic) bond motifs is 2. The molecule has 0 saturated heterocycles. The zero-order valence-electron chi connectivity index (χ0n) is 21.0. The number of aromatic amines is 1. The lowest BCUT2D eigenvalue weighted by Crippen LogP contribution is -2.51. The number of nitrogens with zero attached hydrogens (tertiary/aromatic N) is 2. The highest BCUT2D eigenvalue weighted by atomic mass is 32.3. The van der Waals surface area contributed by atoms with Crippen LogP contribution in [0.2, 0.25) is 0 Å². The Morgan fingerprint density at radius 2 is 1.91 bits per heavy atom. The van der Waals surface area contributed by atoms with Gasteiger partial charge in [0.05, 0.1) is 22.5 Å². The number of halogens is 1. The molecular weight excluding hydrogens is 469 g/mol. The molecule has 10 heteroatoms. The molecule has 3 amide bonds. The summed E-state index contributed by atoms with van der Waals surface area (Å²) in [6.07, 6.45) is 9.35. The van der Waals surface area contributed by atoms with E-state index in [0.717, 1.165) is 30.5 Å². The number of carbonyl (C=O) groups is 2. The van der Waals surface area contributed by atoms with E-state index in [4.69, 9.17) is 4.42 Å². The first-order chi connectivity index (χ1) is 16.3. The van der Waals surface area contributed by atoms with Gasteiger partial charge in [0.15, 0.2) is 17.2 Å². The molecule has 188 valence electrons. The lowest BCUT2D eigenvalue weighted by atomic mass is 9.83. The summed E-state index contributed by atoms with van der Waals surface area (Å²) in [7, 11) is -1.12. The molecule has 0 atom stereocenters. The van der Waals surface area contributed by atoms with Gasteiger partial charge in [-0.2, -0.15) is 5.10 Å². The summed E-state index contributed by atoms with van der Waals surface area (Å²) < 4.78 is 20.0. The van der Waals surface area contributed by atoms with Crippen LogP contribution in [0, 0.1) is 12.7 Å². The Kier molecular flexibility index (Phi) is 5.25. The molecule has 3 heterocycles. The van der Waals surface area contributed by atoms with Gasteiger partial charge in [0.1, 0.15) is 11.4 Å². The van der Waals surface area contributed by atoms with Crippen LogP contribution in [0.15, 0.2) is 22.6 Å². The number of aryl methyl sites for hydroxylation is 1. The quantitative estimate of drug-likeness (QED) is 0.443. The number of aromatic nitrogens is 2. The molecule has 3 aromatic rings. The van der Waals surface area contributed by atoms with Crippen molar-refractivity contribution < 1.29 is 18.4 Å². The normalized spacial score (nSPS) is 18.8. The van der Waals surface area contributed by atoms with Crippen LogP contribution in [0.4, 0.5) is 20.7 Å². The van der Waals surface area contributed by atoms with Crippen LogP contribution in [0.25, 0.3) is 11.0 Å². The molecular formula is C25H32FN5O3S. The maximum absolute atomic E-state index is 14.7. The number of hydrogen-bond acceptors (Lipinski definition) is 4. The number of furan rings is 1. The topological polar surface area (TPSA) is 103 Å². The molecule has 1 saturated carbocycles. The van der Waals surface area contributed by atoms with Crippen molar-refractivity contribution in [3.63, 3.8) is 0 Å². The molecule has 0 spiro atoms. The van der Waals surface area contributed by atoms with Gasteiger partial charge < -0.3 is 20.0 Å². The molecule has 35 heavy (non-hydrogen) atoms. The fourth-order valence-corrected chi connectivity index (χ4v) is 7.40. The Morgan fingerprint density at radius 3 is 2.54 bits per heavy atom. The van der Waals surface area contributed by atoms with Gasteiger partial charge in [-0.25, -0.2) is 19.2 Å².